The summed E-state index contributed by atoms with van der Waals surface area (Å²) in [7, 11) is 6.21. The van der Waals surface area contributed by atoms with Gasteiger partial charge in [-0.3, -0.25) is 9.59 Å². The predicted molar refractivity (Wildman–Crippen MR) is 116 cm³/mol. The summed E-state index contributed by atoms with van der Waals surface area (Å²) < 4.78 is 20.8. The van der Waals surface area contributed by atoms with Crippen molar-refractivity contribution in [3.63, 3.8) is 0 Å². The van der Waals surface area contributed by atoms with E-state index in [1.807, 2.05) is 12.1 Å². The number of benzene rings is 2. The minimum absolute atomic E-state index is 0.324. The highest BCUT2D eigenvalue weighted by Gasteiger charge is 2.09. The van der Waals surface area contributed by atoms with Crippen LogP contribution in [0.2, 0.25) is 0 Å². The highest BCUT2D eigenvalue weighted by Crippen LogP contribution is 2.28. The SMILES string of the molecule is COc1ccc(/C=N\NC(=O)CC(=O)NCCc2ccc(OC)c(OC)c2)cc1OC. The molecule has 0 atom stereocenters. The van der Waals surface area contributed by atoms with Gasteiger partial charge in [0, 0.05) is 6.54 Å². The van der Waals surface area contributed by atoms with Crippen molar-refractivity contribution in [3.05, 3.63) is 47.5 Å². The number of rotatable bonds is 11. The van der Waals surface area contributed by atoms with Gasteiger partial charge in [-0.2, -0.15) is 5.10 Å². The number of hydrogen-bond donors (Lipinski definition) is 2. The molecule has 2 aromatic rings. The average Bonchev–Trinajstić information content (AvgIpc) is 2.78. The molecule has 9 nitrogen and oxygen atoms in total. The largest absolute Gasteiger partial charge is 0.493 e. The molecule has 0 bridgehead atoms. The maximum Gasteiger partial charge on any atom is 0.249 e. The fraction of sp³-hybridized carbons (Fsp3) is 0.318. The number of amides is 2. The molecule has 2 N–H and O–H groups in total. The first-order valence-electron chi connectivity index (χ1n) is 9.52. The Bertz CT molecular complexity index is 929. The van der Waals surface area contributed by atoms with Crippen molar-refractivity contribution in [2.24, 2.45) is 5.10 Å². The lowest BCUT2D eigenvalue weighted by atomic mass is 10.1. The van der Waals surface area contributed by atoms with Crippen LogP contribution in [0, 0.1) is 0 Å². The Morgan fingerprint density at radius 2 is 1.45 bits per heavy atom. The summed E-state index contributed by atoms with van der Waals surface area (Å²) in [6.07, 6.45) is 1.72. The van der Waals surface area contributed by atoms with E-state index >= 15 is 0 Å². The molecule has 0 saturated carbocycles. The van der Waals surface area contributed by atoms with Crippen molar-refractivity contribution in [1.29, 1.82) is 0 Å². The van der Waals surface area contributed by atoms with Gasteiger partial charge < -0.3 is 24.3 Å². The first-order valence-corrected chi connectivity index (χ1v) is 9.52. The van der Waals surface area contributed by atoms with E-state index in [4.69, 9.17) is 18.9 Å². The van der Waals surface area contributed by atoms with Crippen LogP contribution in [0.1, 0.15) is 17.5 Å². The Balaban J connectivity index is 1.76. The minimum Gasteiger partial charge on any atom is -0.493 e. The third-order valence-corrected chi connectivity index (χ3v) is 4.32. The maximum absolute atomic E-state index is 12.0. The minimum atomic E-state index is -0.514. The number of ether oxygens (including phenoxy) is 4. The highest BCUT2D eigenvalue weighted by atomic mass is 16.5. The van der Waals surface area contributed by atoms with E-state index in [-0.39, 0.29) is 12.3 Å². The van der Waals surface area contributed by atoms with Crippen LogP contribution in [0.3, 0.4) is 0 Å². The summed E-state index contributed by atoms with van der Waals surface area (Å²) >= 11 is 0. The van der Waals surface area contributed by atoms with Crippen LogP contribution in [0.15, 0.2) is 41.5 Å². The number of carbonyl (C=O) groups is 2. The lowest BCUT2D eigenvalue weighted by molar-refractivity contribution is -0.129. The van der Waals surface area contributed by atoms with Crippen LogP contribution < -0.4 is 29.7 Å². The van der Waals surface area contributed by atoms with E-state index in [9.17, 15) is 9.59 Å². The zero-order valence-corrected chi connectivity index (χ0v) is 18.1. The average molecular weight is 429 g/mol. The Morgan fingerprint density at radius 1 is 0.839 bits per heavy atom. The van der Waals surface area contributed by atoms with Crippen LogP contribution >= 0.6 is 0 Å². The first kappa shape index (κ1) is 23.5. The van der Waals surface area contributed by atoms with E-state index in [1.165, 1.54) is 13.3 Å². The fourth-order valence-electron chi connectivity index (χ4n) is 2.74. The van der Waals surface area contributed by atoms with Gasteiger partial charge in [0.05, 0.1) is 34.7 Å². The van der Waals surface area contributed by atoms with Gasteiger partial charge in [-0.25, -0.2) is 5.43 Å². The van der Waals surface area contributed by atoms with Crippen molar-refractivity contribution in [2.75, 3.05) is 35.0 Å². The zero-order chi connectivity index (χ0) is 22.6. The van der Waals surface area contributed by atoms with Crippen LogP contribution in [-0.2, 0) is 16.0 Å². The topological polar surface area (TPSA) is 107 Å². The van der Waals surface area contributed by atoms with Crippen LogP contribution in [-0.4, -0.2) is 53.0 Å². The smallest absolute Gasteiger partial charge is 0.249 e. The quantitative estimate of drug-likeness (QED) is 0.321. The molecule has 9 heteroatoms. The van der Waals surface area contributed by atoms with Crippen molar-refractivity contribution in [3.8, 4) is 23.0 Å². The second kappa shape index (κ2) is 12.1. The van der Waals surface area contributed by atoms with Crippen molar-refractivity contribution < 1.29 is 28.5 Å². The molecule has 0 aliphatic heterocycles. The molecule has 0 radical (unpaired) electrons. The van der Waals surface area contributed by atoms with Crippen LogP contribution in [0.25, 0.3) is 0 Å². The molecule has 0 fully saturated rings. The van der Waals surface area contributed by atoms with Gasteiger partial charge in [-0.1, -0.05) is 6.07 Å². The Labute approximate surface area is 181 Å². The summed E-state index contributed by atoms with van der Waals surface area (Å²) in [5, 5.41) is 6.57. The summed E-state index contributed by atoms with van der Waals surface area (Å²) in [6, 6.07) is 10.8. The number of carbonyl (C=O) groups excluding carboxylic acids is 2. The van der Waals surface area contributed by atoms with Gasteiger partial charge in [-0.05, 0) is 47.9 Å². The van der Waals surface area contributed by atoms with Crippen molar-refractivity contribution >= 4 is 18.0 Å². The molecular formula is C22H27N3O6. The summed E-state index contributed by atoms with van der Waals surface area (Å²) in [4.78, 5) is 23.8. The molecule has 0 saturated heterocycles. The molecule has 0 aromatic heterocycles. The predicted octanol–water partition coefficient (Wildman–Crippen LogP) is 1.92. The lowest BCUT2D eigenvalue weighted by Gasteiger charge is -2.10. The van der Waals surface area contributed by atoms with Gasteiger partial charge in [0.2, 0.25) is 11.8 Å². The summed E-state index contributed by atoms with van der Waals surface area (Å²) in [6.45, 7) is 0.385. The Morgan fingerprint density at radius 3 is 2.10 bits per heavy atom. The van der Waals surface area contributed by atoms with Gasteiger partial charge in [0.1, 0.15) is 6.42 Å². The third-order valence-electron chi connectivity index (χ3n) is 4.32. The standard InChI is InChI=1S/C22H27N3O6/c1-28-17-7-5-15(11-19(17)30-3)9-10-23-21(26)13-22(27)25-24-14-16-6-8-18(29-2)20(12-16)31-4/h5-8,11-12,14H,9-10,13H2,1-4H3,(H,23,26)(H,25,27)/b24-14-. The van der Waals surface area contributed by atoms with Crippen molar-refractivity contribution in [2.45, 2.75) is 12.8 Å². The normalized spacial score (nSPS) is 10.5. The van der Waals surface area contributed by atoms with E-state index in [1.54, 1.807) is 45.6 Å². The summed E-state index contributed by atoms with van der Waals surface area (Å²) in [5.41, 5.74) is 4.01. The van der Waals surface area contributed by atoms with Crippen molar-refractivity contribution in [1.82, 2.24) is 10.7 Å². The lowest BCUT2D eigenvalue weighted by Crippen LogP contribution is -2.31. The molecular weight excluding hydrogens is 402 g/mol. The van der Waals surface area contributed by atoms with Gasteiger partial charge in [-0.15, -0.1) is 0 Å². The van der Waals surface area contributed by atoms with E-state index in [2.05, 4.69) is 15.8 Å². The molecule has 2 rings (SSSR count). The van der Waals surface area contributed by atoms with Gasteiger partial charge >= 0.3 is 0 Å². The number of nitrogens with one attached hydrogen (secondary N) is 2. The van der Waals surface area contributed by atoms with Crippen LogP contribution in [0.4, 0.5) is 0 Å². The first-order chi connectivity index (χ1) is 15.0. The summed E-state index contributed by atoms with van der Waals surface area (Å²) in [5.74, 6) is 1.50. The van der Waals surface area contributed by atoms with E-state index in [0.29, 0.717) is 41.5 Å². The molecule has 0 aliphatic carbocycles. The van der Waals surface area contributed by atoms with Gasteiger partial charge in [0.25, 0.3) is 0 Å². The molecule has 31 heavy (non-hydrogen) atoms. The van der Waals surface area contributed by atoms with E-state index in [0.717, 1.165) is 5.56 Å². The van der Waals surface area contributed by atoms with E-state index < -0.39 is 5.91 Å². The maximum atomic E-state index is 12.0. The number of methoxy groups -OCH3 is 4. The Kier molecular flexibility index (Phi) is 9.15. The second-order valence-electron chi connectivity index (χ2n) is 6.37. The fourth-order valence-corrected chi connectivity index (χ4v) is 2.74. The molecule has 0 heterocycles. The molecule has 2 aromatic carbocycles. The van der Waals surface area contributed by atoms with Crippen LogP contribution in [0.5, 0.6) is 23.0 Å². The number of nitrogens with zero attached hydrogens (tertiary/aromatic N) is 1. The molecule has 0 unspecified atom stereocenters. The number of hydrazone groups is 1. The second-order valence-corrected chi connectivity index (χ2v) is 6.37. The molecule has 0 aliphatic rings. The number of hydrogen-bond acceptors (Lipinski definition) is 7. The molecule has 2 amide bonds. The Hall–Kier alpha value is -3.75. The third kappa shape index (κ3) is 7.22. The monoisotopic (exact) mass is 429 g/mol. The molecule has 166 valence electrons. The van der Waals surface area contributed by atoms with Gasteiger partial charge in [0.15, 0.2) is 23.0 Å². The zero-order valence-electron chi connectivity index (χ0n) is 18.1. The highest BCUT2D eigenvalue weighted by molar-refractivity contribution is 5.97. The molecule has 0 spiro atoms.